The molecule has 1 unspecified atom stereocenters. The number of sulfonamides is 1. The molecule has 2 aromatic rings. The van der Waals surface area contributed by atoms with E-state index in [0.717, 1.165) is 18.4 Å². The molecule has 4 rings (SSSR count). The molecule has 7 nitrogen and oxygen atoms in total. The lowest BCUT2D eigenvalue weighted by Crippen LogP contribution is -2.52. The molecule has 1 aliphatic heterocycles. The van der Waals surface area contributed by atoms with Crippen LogP contribution in [0.5, 0.6) is 0 Å². The van der Waals surface area contributed by atoms with Gasteiger partial charge in [-0.3, -0.25) is 0 Å². The maximum Gasteiger partial charge on any atom is 0.246 e. The van der Waals surface area contributed by atoms with Gasteiger partial charge in [0.1, 0.15) is 4.90 Å². The van der Waals surface area contributed by atoms with E-state index in [1.165, 1.54) is 16.7 Å². The molecular formula is C17H19N3O4S2. The minimum absolute atomic E-state index is 0.00197. The molecule has 1 aromatic carbocycles. The predicted octanol–water partition coefficient (Wildman–Crippen LogP) is 1.34. The maximum absolute atomic E-state index is 13.0. The number of hydrogen-bond donors (Lipinski definition) is 0. The zero-order chi connectivity index (χ0) is 18.4. The highest BCUT2D eigenvalue weighted by molar-refractivity contribution is 7.92. The van der Waals surface area contributed by atoms with E-state index in [4.69, 9.17) is 0 Å². The summed E-state index contributed by atoms with van der Waals surface area (Å²) in [6.45, 7) is -0.00767. The second-order valence-corrected chi connectivity index (χ2v) is 10.9. The van der Waals surface area contributed by atoms with Crippen molar-refractivity contribution < 1.29 is 16.8 Å². The summed E-state index contributed by atoms with van der Waals surface area (Å²) < 4.78 is 51.3. The molecule has 0 radical (unpaired) electrons. The van der Waals surface area contributed by atoms with Crippen LogP contribution in [-0.4, -0.2) is 55.2 Å². The Labute approximate surface area is 153 Å². The van der Waals surface area contributed by atoms with Crippen LogP contribution < -0.4 is 0 Å². The van der Waals surface area contributed by atoms with Gasteiger partial charge in [0.05, 0.1) is 23.9 Å². The number of hydrogen-bond acceptors (Lipinski definition) is 6. The van der Waals surface area contributed by atoms with Crippen molar-refractivity contribution in [2.24, 2.45) is 5.92 Å². The lowest BCUT2D eigenvalue weighted by atomic mass is 10.2. The van der Waals surface area contributed by atoms with Crippen molar-refractivity contribution in [1.82, 2.24) is 14.3 Å². The van der Waals surface area contributed by atoms with Crippen molar-refractivity contribution in [1.29, 1.82) is 0 Å². The number of benzene rings is 1. The molecule has 1 saturated heterocycles. The molecule has 1 aliphatic carbocycles. The zero-order valence-electron chi connectivity index (χ0n) is 14.0. The van der Waals surface area contributed by atoms with Gasteiger partial charge in [-0.15, -0.1) is 0 Å². The first-order chi connectivity index (χ1) is 12.4. The molecule has 26 heavy (non-hydrogen) atoms. The van der Waals surface area contributed by atoms with Gasteiger partial charge in [-0.05, 0) is 18.8 Å². The SMILES string of the molecule is O=S1(=O)CCN(S(=O)(=O)c2cnc(-c3ccccc3)nc2)C(C2CC2)C1. The van der Waals surface area contributed by atoms with E-state index in [9.17, 15) is 16.8 Å². The lowest BCUT2D eigenvalue weighted by Gasteiger charge is -2.34. The van der Waals surface area contributed by atoms with Crippen molar-refractivity contribution in [2.75, 3.05) is 18.1 Å². The lowest BCUT2D eigenvalue weighted by molar-refractivity contribution is 0.311. The first-order valence-electron chi connectivity index (χ1n) is 8.46. The van der Waals surface area contributed by atoms with Gasteiger partial charge in [0.15, 0.2) is 15.7 Å². The summed E-state index contributed by atoms with van der Waals surface area (Å²) in [6.07, 6.45) is 4.35. The van der Waals surface area contributed by atoms with Crippen LogP contribution in [0.1, 0.15) is 12.8 Å². The fourth-order valence-corrected chi connectivity index (χ4v) is 6.69. The molecule has 2 heterocycles. The molecule has 2 aliphatic rings. The van der Waals surface area contributed by atoms with Crippen LogP contribution in [0.2, 0.25) is 0 Å². The summed E-state index contributed by atoms with van der Waals surface area (Å²) in [5, 5.41) is 0. The smallest absolute Gasteiger partial charge is 0.235 e. The first-order valence-corrected chi connectivity index (χ1v) is 11.7. The summed E-state index contributed by atoms with van der Waals surface area (Å²) >= 11 is 0. The zero-order valence-corrected chi connectivity index (χ0v) is 15.7. The molecule has 1 atom stereocenters. The Morgan fingerprint density at radius 2 is 1.69 bits per heavy atom. The van der Waals surface area contributed by atoms with Crippen molar-refractivity contribution in [3.63, 3.8) is 0 Å². The van der Waals surface area contributed by atoms with E-state index >= 15 is 0 Å². The fraction of sp³-hybridized carbons (Fsp3) is 0.412. The van der Waals surface area contributed by atoms with Gasteiger partial charge in [0, 0.05) is 18.2 Å². The van der Waals surface area contributed by atoms with Gasteiger partial charge in [-0.25, -0.2) is 26.8 Å². The standard InChI is InChI=1S/C17H19N3O4S2/c21-25(22)9-8-20(16(12-25)13-6-7-13)26(23,24)15-10-18-17(19-11-15)14-4-2-1-3-5-14/h1-5,10-11,13,16H,6-9,12H2. The Hall–Kier alpha value is -1.84. The van der Waals surface area contributed by atoms with E-state index in [2.05, 4.69) is 9.97 Å². The molecule has 0 bridgehead atoms. The van der Waals surface area contributed by atoms with Crippen LogP contribution >= 0.6 is 0 Å². The average molecular weight is 393 g/mol. The second-order valence-electron chi connectivity index (χ2n) is 6.74. The van der Waals surface area contributed by atoms with Crippen molar-refractivity contribution in [3.8, 4) is 11.4 Å². The Morgan fingerprint density at radius 3 is 2.31 bits per heavy atom. The van der Waals surface area contributed by atoms with Crippen molar-refractivity contribution in [2.45, 2.75) is 23.8 Å². The van der Waals surface area contributed by atoms with Crippen molar-refractivity contribution in [3.05, 3.63) is 42.7 Å². The van der Waals surface area contributed by atoms with Gasteiger partial charge >= 0.3 is 0 Å². The monoisotopic (exact) mass is 393 g/mol. The first kappa shape index (κ1) is 17.6. The number of rotatable bonds is 4. The van der Waals surface area contributed by atoms with Gasteiger partial charge in [-0.2, -0.15) is 4.31 Å². The third-order valence-electron chi connectivity index (χ3n) is 4.85. The summed E-state index contributed by atoms with van der Waals surface area (Å²) in [7, 11) is -7.01. The third kappa shape index (κ3) is 3.38. The third-order valence-corrected chi connectivity index (χ3v) is 8.38. The number of aromatic nitrogens is 2. The highest BCUT2D eigenvalue weighted by Gasteiger charge is 2.46. The van der Waals surface area contributed by atoms with E-state index in [-0.39, 0.29) is 28.9 Å². The van der Waals surface area contributed by atoms with Gasteiger partial charge in [0.2, 0.25) is 10.0 Å². The van der Waals surface area contributed by atoms with Gasteiger partial charge in [-0.1, -0.05) is 30.3 Å². The summed E-state index contributed by atoms with van der Waals surface area (Å²) in [5.74, 6) is 0.340. The Kier molecular flexibility index (Phi) is 4.32. The second kappa shape index (κ2) is 6.40. The van der Waals surface area contributed by atoms with Crippen molar-refractivity contribution >= 4 is 19.9 Å². The molecule has 138 valence electrons. The molecule has 0 spiro atoms. The van der Waals surface area contributed by atoms with Crippen LogP contribution in [0, 0.1) is 5.92 Å². The predicted molar refractivity (Wildman–Crippen MR) is 96.5 cm³/mol. The van der Waals surface area contributed by atoms with Crippen LogP contribution in [-0.2, 0) is 19.9 Å². The van der Waals surface area contributed by atoms with Crippen LogP contribution in [0.3, 0.4) is 0 Å². The van der Waals surface area contributed by atoms with Crippen LogP contribution in [0.25, 0.3) is 11.4 Å². The molecule has 1 aromatic heterocycles. The van der Waals surface area contributed by atoms with E-state index < -0.39 is 25.9 Å². The molecule has 0 amide bonds. The topological polar surface area (TPSA) is 97.3 Å². The molecule has 2 fully saturated rings. The maximum atomic E-state index is 13.0. The highest BCUT2D eigenvalue weighted by atomic mass is 32.2. The quantitative estimate of drug-likeness (QED) is 0.778. The summed E-state index contributed by atoms with van der Waals surface area (Å²) in [6, 6.07) is 8.82. The minimum Gasteiger partial charge on any atom is -0.235 e. The molecular weight excluding hydrogens is 374 g/mol. The molecule has 1 saturated carbocycles. The Bertz CT molecular complexity index is 1000. The van der Waals surface area contributed by atoms with E-state index in [1.54, 1.807) is 0 Å². The van der Waals surface area contributed by atoms with Gasteiger partial charge < -0.3 is 0 Å². The molecule has 9 heteroatoms. The normalized spacial score (nSPS) is 23.6. The largest absolute Gasteiger partial charge is 0.246 e. The molecule has 0 N–H and O–H groups in total. The highest BCUT2D eigenvalue weighted by Crippen LogP contribution is 2.39. The Balaban J connectivity index is 1.63. The fourth-order valence-electron chi connectivity index (χ4n) is 3.29. The number of nitrogens with zero attached hydrogens (tertiary/aromatic N) is 3. The van der Waals surface area contributed by atoms with Gasteiger partial charge in [0.25, 0.3) is 0 Å². The number of sulfone groups is 1. The van der Waals surface area contributed by atoms with E-state index in [1.807, 2.05) is 30.3 Å². The van der Waals surface area contributed by atoms with Crippen LogP contribution in [0.15, 0.2) is 47.6 Å². The van der Waals surface area contributed by atoms with Crippen LogP contribution in [0.4, 0.5) is 0 Å². The minimum atomic E-state index is -3.82. The average Bonchev–Trinajstić information content (AvgIpc) is 3.47. The van der Waals surface area contributed by atoms with E-state index in [0.29, 0.717) is 5.82 Å². The summed E-state index contributed by atoms with van der Waals surface area (Å²) in [5.41, 5.74) is 0.802. The summed E-state index contributed by atoms with van der Waals surface area (Å²) in [4.78, 5) is 8.38. The Morgan fingerprint density at radius 1 is 1.04 bits per heavy atom.